The van der Waals surface area contributed by atoms with Crippen LogP contribution in [0, 0.1) is 0 Å². The predicted octanol–water partition coefficient (Wildman–Crippen LogP) is 10.1. The molecule has 1 heterocycles. The maximum Gasteiger partial charge on any atom is 0.220 e. The first-order valence-corrected chi connectivity index (χ1v) is 23.7. The van der Waals surface area contributed by atoms with Crippen molar-refractivity contribution in [3.05, 3.63) is 36.5 Å². The summed E-state index contributed by atoms with van der Waals surface area (Å²) in [5.74, 6) is -0.227. The third kappa shape index (κ3) is 29.3. The molecule has 1 aliphatic rings. The zero-order valence-corrected chi connectivity index (χ0v) is 36.6. The second-order valence-corrected chi connectivity index (χ2v) is 16.5. The van der Waals surface area contributed by atoms with E-state index < -0.39 is 49.5 Å². The highest BCUT2D eigenvalue weighted by molar-refractivity contribution is 5.76. The zero-order valence-electron chi connectivity index (χ0n) is 36.6. The van der Waals surface area contributed by atoms with Crippen molar-refractivity contribution in [1.29, 1.82) is 0 Å². The van der Waals surface area contributed by atoms with Gasteiger partial charge in [0.25, 0.3) is 0 Å². The maximum atomic E-state index is 12.4. The Morgan fingerprint density at radius 1 is 0.579 bits per heavy atom. The van der Waals surface area contributed by atoms with Gasteiger partial charge in [-0.3, -0.25) is 4.79 Å². The second-order valence-electron chi connectivity index (χ2n) is 16.5. The highest BCUT2D eigenvalue weighted by atomic mass is 16.7. The molecular weight excluding hydrogens is 719 g/mol. The summed E-state index contributed by atoms with van der Waals surface area (Å²) in [5.41, 5.74) is 0. The number of unbranched alkanes of at least 4 members (excludes halogenated alkanes) is 25. The van der Waals surface area contributed by atoms with Crippen molar-refractivity contribution in [2.45, 2.75) is 249 Å². The summed E-state index contributed by atoms with van der Waals surface area (Å²) in [6, 6.07) is -0.821. The molecule has 0 radical (unpaired) electrons. The number of rotatable bonds is 39. The van der Waals surface area contributed by atoms with Crippen molar-refractivity contribution in [1.82, 2.24) is 5.32 Å². The smallest absolute Gasteiger partial charge is 0.220 e. The molecule has 1 amide bonds. The molecule has 1 saturated heterocycles. The van der Waals surface area contributed by atoms with E-state index in [2.05, 4.69) is 36.5 Å². The minimum absolute atomic E-state index is 0.209. The molecule has 1 aliphatic heterocycles. The Morgan fingerprint density at radius 3 is 1.46 bits per heavy atom. The molecule has 9 nitrogen and oxygen atoms in total. The van der Waals surface area contributed by atoms with Crippen LogP contribution in [0.1, 0.15) is 206 Å². The van der Waals surface area contributed by atoms with E-state index in [1.807, 2.05) is 13.0 Å². The molecule has 6 N–H and O–H groups in total. The molecule has 334 valence electrons. The first kappa shape index (κ1) is 53.4. The van der Waals surface area contributed by atoms with Crippen LogP contribution in [0.4, 0.5) is 0 Å². The quantitative estimate of drug-likeness (QED) is 0.0266. The van der Waals surface area contributed by atoms with Crippen LogP contribution >= 0.6 is 0 Å². The number of amides is 1. The SMILES string of the molecule is CCCCCCCCCCCCCCCCCCCCCCCC/C=C/CC/C=C/CC/C=C/C(O)C(COC1OC(CO)C(O)C(O)C1O)NC(=O)CCCC. The number of hydrogen-bond acceptors (Lipinski definition) is 8. The lowest BCUT2D eigenvalue weighted by molar-refractivity contribution is -0.302. The first-order chi connectivity index (χ1) is 27.8. The third-order valence-corrected chi connectivity index (χ3v) is 11.2. The van der Waals surface area contributed by atoms with Crippen LogP contribution in [0.3, 0.4) is 0 Å². The molecule has 7 atom stereocenters. The summed E-state index contributed by atoms with van der Waals surface area (Å²) < 4.78 is 11.0. The van der Waals surface area contributed by atoms with Gasteiger partial charge >= 0.3 is 0 Å². The van der Waals surface area contributed by atoms with E-state index in [1.54, 1.807) is 6.08 Å². The molecular formula is C48H89NO8. The molecule has 9 heteroatoms. The molecule has 1 rings (SSSR count). The number of aliphatic hydroxyl groups is 5. The summed E-state index contributed by atoms with van der Waals surface area (Å²) in [7, 11) is 0. The summed E-state index contributed by atoms with van der Waals surface area (Å²) in [6.45, 7) is 3.50. The number of allylic oxidation sites excluding steroid dienone is 5. The molecule has 0 bridgehead atoms. The fraction of sp³-hybridized carbons (Fsp3) is 0.854. The van der Waals surface area contributed by atoms with Crippen molar-refractivity contribution < 1.29 is 39.8 Å². The molecule has 1 fully saturated rings. The topological polar surface area (TPSA) is 149 Å². The fourth-order valence-corrected chi connectivity index (χ4v) is 7.34. The number of carbonyl (C=O) groups is 1. The minimum atomic E-state index is -1.57. The Labute approximate surface area is 349 Å². The van der Waals surface area contributed by atoms with E-state index in [1.165, 1.54) is 148 Å². The van der Waals surface area contributed by atoms with Crippen LogP contribution in [0.25, 0.3) is 0 Å². The van der Waals surface area contributed by atoms with Gasteiger partial charge in [-0.2, -0.15) is 0 Å². The highest BCUT2D eigenvalue weighted by Crippen LogP contribution is 2.22. The Kier molecular flexibility index (Phi) is 36.2. The van der Waals surface area contributed by atoms with Gasteiger partial charge in [0.1, 0.15) is 24.4 Å². The summed E-state index contributed by atoms with van der Waals surface area (Å²) in [5, 5.41) is 53.4. The van der Waals surface area contributed by atoms with Crippen LogP contribution in [-0.4, -0.2) is 87.5 Å². The number of aliphatic hydroxyl groups excluding tert-OH is 5. The molecule has 0 spiro atoms. The van der Waals surface area contributed by atoms with Crippen molar-refractivity contribution in [3.8, 4) is 0 Å². The summed E-state index contributed by atoms with van der Waals surface area (Å²) in [6.07, 6.45) is 42.2. The van der Waals surface area contributed by atoms with Crippen molar-refractivity contribution in [3.63, 3.8) is 0 Å². The minimum Gasteiger partial charge on any atom is -0.394 e. The Morgan fingerprint density at radius 2 is 1.00 bits per heavy atom. The Bertz CT molecular complexity index is 987. The number of nitrogens with one attached hydrogen (secondary N) is 1. The van der Waals surface area contributed by atoms with Crippen LogP contribution in [-0.2, 0) is 14.3 Å². The third-order valence-electron chi connectivity index (χ3n) is 11.2. The van der Waals surface area contributed by atoms with Gasteiger partial charge in [-0.25, -0.2) is 0 Å². The number of ether oxygens (including phenoxy) is 2. The van der Waals surface area contributed by atoms with Crippen molar-refractivity contribution in [2.24, 2.45) is 0 Å². The van der Waals surface area contributed by atoms with Gasteiger partial charge in [-0.15, -0.1) is 0 Å². The molecule has 0 aromatic carbocycles. The van der Waals surface area contributed by atoms with Crippen molar-refractivity contribution in [2.75, 3.05) is 13.2 Å². The fourth-order valence-electron chi connectivity index (χ4n) is 7.34. The Hall–Kier alpha value is -1.59. The zero-order chi connectivity index (χ0) is 41.6. The van der Waals surface area contributed by atoms with E-state index >= 15 is 0 Å². The highest BCUT2D eigenvalue weighted by Gasteiger charge is 2.44. The lowest BCUT2D eigenvalue weighted by atomic mass is 9.99. The van der Waals surface area contributed by atoms with E-state index in [4.69, 9.17) is 9.47 Å². The second kappa shape index (κ2) is 38.6. The molecule has 0 aliphatic carbocycles. The van der Waals surface area contributed by atoms with Crippen LogP contribution in [0.2, 0.25) is 0 Å². The molecule has 0 saturated carbocycles. The summed E-state index contributed by atoms with van der Waals surface area (Å²) in [4.78, 5) is 12.4. The largest absolute Gasteiger partial charge is 0.394 e. The average Bonchev–Trinajstić information content (AvgIpc) is 3.21. The van der Waals surface area contributed by atoms with E-state index in [0.29, 0.717) is 12.8 Å². The predicted molar refractivity (Wildman–Crippen MR) is 235 cm³/mol. The van der Waals surface area contributed by atoms with Gasteiger partial charge in [0.15, 0.2) is 6.29 Å². The number of hydrogen-bond donors (Lipinski definition) is 6. The first-order valence-electron chi connectivity index (χ1n) is 23.7. The van der Waals surface area contributed by atoms with E-state index in [0.717, 1.165) is 32.1 Å². The molecule has 7 unspecified atom stereocenters. The lowest BCUT2D eigenvalue weighted by Gasteiger charge is -2.40. The monoisotopic (exact) mass is 808 g/mol. The normalized spacial score (nSPS) is 21.3. The van der Waals surface area contributed by atoms with Gasteiger partial charge in [0.2, 0.25) is 5.91 Å². The number of carbonyl (C=O) groups excluding carboxylic acids is 1. The van der Waals surface area contributed by atoms with E-state index in [9.17, 15) is 30.3 Å². The lowest BCUT2D eigenvalue weighted by Crippen LogP contribution is -2.60. The van der Waals surface area contributed by atoms with Crippen LogP contribution in [0.5, 0.6) is 0 Å². The van der Waals surface area contributed by atoms with Crippen molar-refractivity contribution >= 4 is 5.91 Å². The van der Waals surface area contributed by atoms with E-state index in [-0.39, 0.29) is 12.5 Å². The average molecular weight is 808 g/mol. The standard InChI is InChI=1S/C48H89NO8/c1-3-5-7-8-9-10-11-12-13-14-15-16-17-18-19-20-21-22-23-24-25-26-27-28-29-30-31-32-33-34-35-36-37-42(51)41(49-44(52)38-6-4-2)40-56-48-47(55)46(54)45(53)43(39-50)57-48/h28-29,32-33,36-37,41-43,45-48,50-51,53-55H,3-27,30-31,34-35,38-40H2,1-2H3,(H,49,52)/b29-28+,33-32+,37-36+. The maximum absolute atomic E-state index is 12.4. The van der Waals surface area contributed by atoms with Gasteiger partial charge in [-0.1, -0.05) is 192 Å². The van der Waals surface area contributed by atoms with Gasteiger partial charge in [0, 0.05) is 6.42 Å². The Balaban J connectivity index is 2.04. The van der Waals surface area contributed by atoms with Gasteiger partial charge < -0.3 is 40.3 Å². The van der Waals surface area contributed by atoms with Gasteiger partial charge in [0.05, 0.1) is 25.4 Å². The summed E-state index contributed by atoms with van der Waals surface area (Å²) >= 11 is 0. The van der Waals surface area contributed by atoms with Crippen LogP contribution < -0.4 is 5.32 Å². The van der Waals surface area contributed by atoms with Gasteiger partial charge in [-0.05, 0) is 44.9 Å². The molecule has 0 aromatic rings. The van der Waals surface area contributed by atoms with Crippen LogP contribution in [0.15, 0.2) is 36.5 Å². The molecule has 57 heavy (non-hydrogen) atoms. The molecule has 0 aromatic heterocycles.